The fourth-order valence-corrected chi connectivity index (χ4v) is 2.40. The number of aromatic amines is 1. The van der Waals surface area contributed by atoms with Gasteiger partial charge in [-0.3, -0.25) is 15.1 Å². The first-order valence-electron chi connectivity index (χ1n) is 6.69. The van der Waals surface area contributed by atoms with E-state index in [1.165, 1.54) is 0 Å². The number of hydrogen-bond acceptors (Lipinski definition) is 4. The molecule has 6 nitrogen and oxygen atoms in total. The summed E-state index contributed by atoms with van der Waals surface area (Å²) in [6.45, 7) is 2.62. The van der Waals surface area contributed by atoms with E-state index < -0.39 is 0 Å². The molecule has 6 heteroatoms. The number of aromatic nitrogens is 3. The van der Waals surface area contributed by atoms with E-state index in [-0.39, 0.29) is 18.0 Å². The smallest absolute Gasteiger partial charge is 0.238 e. The highest BCUT2D eigenvalue weighted by atomic mass is 16.2. The van der Waals surface area contributed by atoms with Gasteiger partial charge in [0.1, 0.15) is 0 Å². The van der Waals surface area contributed by atoms with Gasteiger partial charge in [0, 0.05) is 25.4 Å². The summed E-state index contributed by atoms with van der Waals surface area (Å²) in [6, 6.07) is 3.55. The van der Waals surface area contributed by atoms with Crippen molar-refractivity contribution in [3.63, 3.8) is 0 Å². The fourth-order valence-electron chi connectivity index (χ4n) is 2.40. The first-order valence-corrected chi connectivity index (χ1v) is 6.69. The van der Waals surface area contributed by atoms with Gasteiger partial charge in [-0.05, 0) is 24.6 Å². The second-order valence-electron chi connectivity index (χ2n) is 4.98. The number of hydrogen-bond donors (Lipinski definition) is 3. The number of nitrogens with zero attached hydrogens (tertiary/aromatic N) is 2. The maximum atomic E-state index is 12.3. The van der Waals surface area contributed by atoms with Crippen LogP contribution in [-0.4, -0.2) is 26.9 Å². The quantitative estimate of drug-likeness (QED) is 0.767. The third kappa shape index (κ3) is 2.55. The van der Waals surface area contributed by atoms with Crippen molar-refractivity contribution in [1.82, 2.24) is 25.6 Å². The Morgan fingerprint density at radius 3 is 3.05 bits per heavy atom. The van der Waals surface area contributed by atoms with Crippen LogP contribution in [0.2, 0.25) is 0 Å². The predicted octanol–water partition coefficient (Wildman–Crippen LogP) is 0.696. The second-order valence-corrected chi connectivity index (χ2v) is 4.98. The summed E-state index contributed by atoms with van der Waals surface area (Å²) in [5.41, 5.74) is 3.08. The summed E-state index contributed by atoms with van der Waals surface area (Å²) in [7, 11) is 0. The molecule has 2 aromatic rings. The minimum atomic E-state index is -0.227. The molecule has 0 saturated heterocycles. The lowest BCUT2D eigenvalue weighted by atomic mass is 10.0. The van der Waals surface area contributed by atoms with Crippen molar-refractivity contribution in [3.8, 4) is 0 Å². The first kappa shape index (κ1) is 12.8. The Labute approximate surface area is 117 Å². The standard InChI is InChI=1S/C14H17N5O/c1-9(10-2-4-15-5-3-10)19-14(20)12-6-11-13(7-16-12)18-8-17-11/h2-5,8-9,12,16H,6-7H2,1H3,(H,17,18)(H,19,20)/t9-,12?/m0/s1. The summed E-state index contributed by atoms with van der Waals surface area (Å²) in [5.74, 6) is 0.00274. The lowest BCUT2D eigenvalue weighted by Crippen LogP contribution is -2.48. The Bertz CT molecular complexity index is 595. The molecule has 0 radical (unpaired) electrons. The number of rotatable bonds is 3. The van der Waals surface area contributed by atoms with E-state index in [4.69, 9.17) is 0 Å². The Balaban J connectivity index is 1.63. The summed E-state index contributed by atoms with van der Waals surface area (Å²) < 4.78 is 0. The molecule has 0 saturated carbocycles. The van der Waals surface area contributed by atoms with E-state index >= 15 is 0 Å². The van der Waals surface area contributed by atoms with Crippen molar-refractivity contribution in [3.05, 3.63) is 47.8 Å². The molecule has 0 aromatic carbocycles. The molecule has 0 spiro atoms. The largest absolute Gasteiger partial charge is 0.348 e. The molecule has 1 aliphatic rings. The van der Waals surface area contributed by atoms with E-state index in [0.29, 0.717) is 13.0 Å². The van der Waals surface area contributed by atoms with E-state index in [0.717, 1.165) is 17.0 Å². The van der Waals surface area contributed by atoms with Crippen LogP contribution in [0.15, 0.2) is 30.9 Å². The number of H-pyrrole nitrogens is 1. The molecule has 0 bridgehead atoms. The molecule has 1 amide bonds. The Morgan fingerprint density at radius 2 is 2.25 bits per heavy atom. The van der Waals surface area contributed by atoms with Crippen molar-refractivity contribution in [2.45, 2.75) is 32.0 Å². The molecule has 3 N–H and O–H groups in total. The monoisotopic (exact) mass is 271 g/mol. The van der Waals surface area contributed by atoms with Gasteiger partial charge in [-0.1, -0.05) is 0 Å². The molecule has 20 heavy (non-hydrogen) atoms. The molecule has 3 rings (SSSR count). The zero-order valence-corrected chi connectivity index (χ0v) is 11.3. The minimum Gasteiger partial charge on any atom is -0.348 e. The van der Waals surface area contributed by atoms with Crippen LogP contribution in [0.25, 0.3) is 0 Å². The van der Waals surface area contributed by atoms with E-state index in [1.807, 2.05) is 19.1 Å². The van der Waals surface area contributed by atoms with Gasteiger partial charge < -0.3 is 10.3 Å². The first-order chi connectivity index (χ1) is 9.74. The van der Waals surface area contributed by atoms with Crippen LogP contribution in [-0.2, 0) is 17.8 Å². The summed E-state index contributed by atoms with van der Waals surface area (Å²) >= 11 is 0. The van der Waals surface area contributed by atoms with Gasteiger partial charge in [-0.15, -0.1) is 0 Å². The van der Waals surface area contributed by atoms with E-state index in [1.54, 1.807) is 18.7 Å². The summed E-state index contributed by atoms with van der Waals surface area (Å²) in [5, 5.41) is 6.24. The summed E-state index contributed by atoms with van der Waals surface area (Å²) in [6.07, 6.45) is 5.75. The number of imidazole rings is 1. The average Bonchev–Trinajstić information content (AvgIpc) is 2.95. The van der Waals surface area contributed by atoms with Crippen LogP contribution in [0.3, 0.4) is 0 Å². The fraction of sp³-hybridized carbons (Fsp3) is 0.357. The maximum Gasteiger partial charge on any atom is 0.238 e. The number of carbonyl (C=O) groups is 1. The highest BCUT2D eigenvalue weighted by Gasteiger charge is 2.26. The molecule has 0 fully saturated rings. The van der Waals surface area contributed by atoms with E-state index in [2.05, 4.69) is 25.6 Å². The van der Waals surface area contributed by atoms with E-state index in [9.17, 15) is 4.79 Å². The Hall–Kier alpha value is -2.21. The molecule has 1 aliphatic heterocycles. The minimum absolute atomic E-state index is 0.00274. The van der Waals surface area contributed by atoms with Crippen LogP contribution in [0.4, 0.5) is 0 Å². The molecule has 1 unspecified atom stereocenters. The van der Waals surface area contributed by atoms with Crippen LogP contribution in [0, 0.1) is 0 Å². The number of amides is 1. The van der Waals surface area contributed by atoms with Gasteiger partial charge in [-0.25, -0.2) is 4.98 Å². The Morgan fingerprint density at radius 1 is 1.45 bits per heavy atom. The molecule has 2 aromatic heterocycles. The normalized spacial score (nSPS) is 19.1. The van der Waals surface area contributed by atoms with Gasteiger partial charge in [0.25, 0.3) is 0 Å². The van der Waals surface area contributed by atoms with Crippen molar-refractivity contribution in [2.75, 3.05) is 0 Å². The van der Waals surface area contributed by atoms with Crippen molar-refractivity contribution >= 4 is 5.91 Å². The molecule has 0 aliphatic carbocycles. The van der Waals surface area contributed by atoms with Gasteiger partial charge in [0.05, 0.1) is 29.8 Å². The number of nitrogens with one attached hydrogen (secondary N) is 3. The van der Waals surface area contributed by atoms with Crippen molar-refractivity contribution in [1.29, 1.82) is 0 Å². The molecular formula is C14H17N5O. The van der Waals surface area contributed by atoms with Crippen molar-refractivity contribution in [2.24, 2.45) is 0 Å². The zero-order valence-electron chi connectivity index (χ0n) is 11.3. The number of carbonyl (C=O) groups excluding carboxylic acids is 1. The maximum absolute atomic E-state index is 12.3. The molecular weight excluding hydrogens is 254 g/mol. The van der Waals surface area contributed by atoms with Crippen LogP contribution < -0.4 is 10.6 Å². The van der Waals surface area contributed by atoms with Crippen LogP contribution in [0.5, 0.6) is 0 Å². The molecule has 104 valence electrons. The predicted molar refractivity (Wildman–Crippen MR) is 73.7 cm³/mol. The number of fused-ring (bicyclic) bond motifs is 1. The van der Waals surface area contributed by atoms with Gasteiger partial charge in [0.2, 0.25) is 5.91 Å². The van der Waals surface area contributed by atoms with Gasteiger partial charge in [-0.2, -0.15) is 0 Å². The molecule has 3 heterocycles. The lowest BCUT2D eigenvalue weighted by Gasteiger charge is -2.24. The molecule has 2 atom stereocenters. The number of pyridine rings is 1. The van der Waals surface area contributed by atoms with Gasteiger partial charge >= 0.3 is 0 Å². The van der Waals surface area contributed by atoms with Crippen molar-refractivity contribution < 1.29 is 4.79 Å². The second kappa shape index (κ2) is 5.42. The van der Waals surface area contributed by atoms with Crippen LogP contribution in [0.1, 0.15) is 29.9 Å². The highest BCUT2D eigenvalue weighted by molar-refractivity contribution is 5.82. The third-order valence-electron chi connectivity index (χ3n) is 3.61. The highest BCUT2D eigenvalue weighted by Crippen LogP contribution is 2.14. The zero-order chi connectivity index (χ0) is 13.9. The SMILES string of the molecule is C[C@H](NC(=O)C1Cc2nc[nH]c2CN1)c1ccncc1. The van der Waals surface area contributed by atoms with Gasteiger partial charge in [0.15, 0.2) is 0 Å². The topological polar surface area (TPSA) is 82.7 Å². The summed E-state index contributed by atoms with van der Waals surface area (Å²) in [4.78, 5) is 23.6. The third-order valence-corrected chi connectivity index (χ3v) is 3.61. The average molecular weight is 271 g/mol. The Kier molecular flexibility index (Phi) is 3.47. The lowest BCUT2D eigenvalue weighted by molar-refractivity contribution is -0.124. The van der Waals surface area contributed by atoms with Crippen LogP contribution >= 0.6 is 0 Å².